The molecule has 1 aromatic rings. The van der Waals surface area contributed by atoms with Gasteiger partial charge in [-0.1, -0.05) is 30.3 Å². The fraction of sp³-hybridized carbons (Fsp3) is 0.467. The lowest BCUT2D eigenvalue weighted by atomic mass is 10.2. The van der Waals surface area contributed by atoms with Crippen LogP contribution in [0.2, 0.25) is 0 Å². The first-order valence-corrected chi connectivity index (χ1v) is 7.82. The van der Waals surface area contributed by atoms with Gasteiger partial charge in [0, 0.05) is 32.7 Å². The number of nitrogens with one attached hydrogen (secondary N) is 3. The monoisotopic (exact) mass is 321 g/mol. The van der Waals surface area contributed by atoms with Gasteiger partial charge in [0.2, 0.25) is 0 Å². The van der Waals surface area contributed by atoms with Crippen molar-refractivity contribution in [3.63, 3.8) is 0 Å². The van der Waals surface area contributed by atoms with Crippen molar-refractivity contribution >= 4 is 23.2 Å². The highest BCUT2D eigenvalue weighted by Crippen LogP contribution is 1.98. The molecule has 1 amide bonds. The minimum Gasteiger partial charge on any atom is -0.357 e. The van der Waals surface area contributed by atoms with E-state index in [-0.39, 0.29) is 5.91 Å². The van der Waals surface area contributed by atoms with Crippen LogP contribution in [0.4, 0.5) is 0 Å². The molecule has 3 N–H and O–H groups in total. The maximum atomic E-state index is 11.9. The van der Waals surface area contributed by atoms with Gasteiger partial charge in [-0.05, 0) is 24.8 Å². The Labute approximate surface area is 136 Å². The van der Waals surface area contributed by atoms with Gasteiger partial charge in [-0.25, -0.2) is 0 Å². The first-order chi connectivity index (χ1) is 10.6. The zero-order valence-electron chi connectivity index (χ0n) is 12.8. The van der Waals surface area contributed by atoms with Crippen LogP contribution in [0.5, 0.6) is 0 Å². The number of amides is 1. The number of carbonyl (C=O) groups is 1. The maximum Gasteiger partial charge on any atom is 0.252 e. The van der Waals surface area contributed by atoms with Gasteiger partial charge >= 0.3 is 0 Å². The smallest absolute Gasteiger partial charge is 0.252 e. The number of nitrogens with zero attached hydrogens (tertiary/aromatic N) is 2. The number of carbonyl (C=O) groups excluding carboxylic acids is 1. The molecule has 1 aromatic carbocycles. The minimum atomic E-state index is -0.0755. The van der Waals surface area contributed by atoms with Crippen LogP contribution in [-0.4, -0.2) is 60.6 Å². The van der Waals surface area contributed by atoms with Crippen LogP contribution in [-0.2, 0) is 11.3 Å². The van der Waals surface area contributed by atoms with E-state index in [0.717, 1.165) is 31.7 Å². The molecule has 0 radical (unpaired) electrons. The van der Waals surface area contributed by atoms with Crippen LogP contribution in [0.3, 0.4) is 0 Å². The summed E-state index contributed by atoms with van der Waals surface area (Å²) in [6.07, 6.45) is 0. The summed E-state index contributed by atoms with van der Waals surface area (Å²) in [5.41, 5.74) is 6.50. The average Bonchev–Trinajstić information content (AvgIpc) is 2.54. The molecule has 1 fully saturated rings. The number of hydrogen-bond acceptors (Lipinski definition) is 4. The highest BCUT2D eigenvalue weighted by Gasteiger charge is 2.16. The van der Waals surface area contributed by atoms with Gasteiger partial charge in [-0.2, -0.15) is 0 Å². The molecule has 0 unspecified atom stereocenters. The van der Waals surface area contributed by atoms with Gasteiger partial charge in [0.1, 0.15) is 0 Å². The van der Waals surface area contributed by atoms with E-state index in [2.05, 4.69) is 33.0 Å². The van der Waals surface area contributed by atoms with E-state index in [9.17, 15) is 4.79 Å². The Hall–Kier alpha value is -1.70. The Kier molecular flexibility index (Phi) is 6.57. The Balaban J connectivity index is 1.60. The molecule has 0 aliphatic carbocycles. The SMILES string of the molecule is CN1CCN(CC(=O)NNC(=S)NCc2ccccc2)CC1. The second-order valence-electron chi connectivity index (χ2n) is 5.42. The summed E-state index contributed by atoms with van der Waals surface area (Å²) >= 11 is 5.13. The molecular weight excluding hydrogens is 298 g/mol. The Morgan fingerprint density at radius 2 is 1.82 bits per heavy atom. The number of benzene rings is 1. The Morgan fingerprint density at radius 1 is 1.14 bits per heavy atom. The van der Waals surface area contributed by atoms with E-state index < -0.39 is 0 Å². The van der Waals surface area contributed by atoms with Crippen molar-refractivity contribution in [1.82, 2.24) is 26.0 Å². The first-order valence-electron chi connectivity index (χ1n) is 7.41. The molecule has 22 heavy (non-hydrogen) atoms. The van der Waals surface area contributed by atoms with E-state index in [1.54, 1.807) is 0 Å². The molecule has 1 aliphatic heterocycles. The van der Waals surface area contributed by atoms with Crippen LogP contribution in [0.15, 0.2) is 30.3 Å². The van der Waals surface area contributed by atoms with Crippen molar-refractivity contribution in [3.05, 3.63) is 35.9 Å². The van der Waals surface area contributed by atoms with E-state index in [4.69, 9.17) is 12.2 Å². The average molecular weight is 321 g/mol. The molecular formula is C15H23N5OS. The van der Waals surface area contributed by atoms with Crippen molar-refractivity contribution in [3.8, 4) is 0 Å². The fourth-order valence-corrected chi connectivity index (χ4v) is 2.32. The summed E-state index contributed by atoms with van der Waals surface area (Å²) in [5.74, 6) is -0.0755. The van der Waals surface area contributed by atoms with E-state index in [1.807, 2.05) is 30.3 Å². The van der Waals surface area contributed by atoms with Crippen molar-refractivity contribution < 1.29 is 4.79 Å². The molecule has 1 heterocycles. The van der Waals surface area contributed by atoms with Crippen molar-refractivity contribution in [2.45, 2.75) is 6.54 Å². The molecule has 0 atom stereocenters. The van der Waals surface area contributed by atoms with Crippen molar-refractivity contribution in [1.29, 1.82) is 0 Å². The van der Waals surface area contributed by atoms with Crippen LogP contribution < -0.4 is 16.2 Å². The Morgan fingerprint density at radius 3 is 2.50 bits per heavy atom. The summed E-state index contributed by atoms with van der Waals surface area (Å²) in [7, 11) is 2.09. The number of hydrazine groups is 1. The lowest BCUT2D eigenvalue weighted by Gasteiger charge is -2.31. The third-order valence-electron chi connectivity index (χ3n) is 3.57. The Bertz CT molecular complexity index is 488. The zero-order valence-corrected chi connectivity index (χ0v) is 13.7. The lowest BCUT2D eigenvalue weighted by Crippen LogP contribution is -2.52. The molecule has 0 spiro atoms. The quantitative estimate of drug-likeness (QED) is 0.533. The summed E-state index contributed by atoms with van der Waals surface area (Å²) in [6, 6.07) is 9.96. The van der Waals surface area contributed by atoms with Gasteiger partial charge in [0.05, 0.1) is 6.54 Å². The van der Waals surface area contributed by atoms with E-state index >= 15 is 0 Å². The predicted molar refractivity (Wildman–Crippen MR) is 91.1 cm³/mol. The molecule has 120 valence electrons. The van der Waals surface area contributed by atoms with Crippen LogP contribution >= 0.6 is 12.2 Å². The highest BCUT2D eigenvalue weighted by atomic mass is 32.1. The zero-order chi connectivity index (χ0) is 15.8. The van der Waals surface area contributed by atoms with Crippen molar-refractivity contribution in [2.24, 2.45) is 0 Å². The normalized spacial score (nSPS) is 16.0. The van der Waals surface area contributed by atoms with Crippen LogP contribution in [0.25, 0.3) is 0 Å². The summed E-state index contributed by atoms with van der Waals surface area (Å²) < 4.78 is 0. The van der Waals surface area contributed by atoms with Gasteiger partial charge < -0.3 is 10.2 Å². The van der Waals surface area contributed by atoms with Gasteiger partial charge in [-0.15, -0.1) is 0 Å². The maximum absolute atomic E-state index is 11.9. The topological polar surface area (TPSA) is 59.6 Å². The molecule has 7 heteroatoms. The number of hydrogen-bond donors (Lipinski definition) is 3. The lowest BCUT2D eigenvalue weighted by molar-refractivity contribution is -0.123. The third kappa shape index (κ3) is 5.97. The molecule has 1 saturated heterocycles. The molecule has 6 nitrogen and oxygen atoms in total. The second-order valence-corrected chi connectivity index (χ2v) is 5.83. The van der Waals surface area contributed by atoms with Crippen LogP contribution in [0, 0.1) is 0 Å². The minimum absolute atomic E-state index is 0.0755. The number of rotatable bonds is 4. The second kappa shape index (κ2) is 8.67. The third-order valence-corrected chi connectivity index (χ3v) is 3.82. The molecule has 0 aromatic heterocycles. The molecule has 0 bridgehead atoms. The predicted octanol–water partition coefficient (Wildman–Crippen LogP) is -0.0707. The van der Waals surface area contributed by atoms with Gasteiger partial charge in [0.15, 0.2) is 5.11 Å². The standard InChI is InChI=1S/C15H23N5OS/c1-19-7-9-20(10-8-19)12-14(21)17-18-15(22)16-11-13-5-3-2-4-6-13/h2-6H,7-12H2,1H3,(H,17,21)(H2,16,18,22). The largest absolute Gasteiger partial charge is 0.357 e. The molecule has 1 aliphatic rings. The van der Waals surface area contributed by atoms with Gasteiger partial charge in [-0.3, -0.25) is 20.5 Å². The summed E-state index contributed by atoms with van der Waals surface area (Å²) in [5, 5.41) is 3.46. The molecule has 2 rings (SSSR count). The fourth-order valence-electron chi connectivity index (χ4n) is 2.20. The summed E-state index contributed by atoms with van der Waals surface area (Å²) in [6.45, 7) is 4.85. The van der Waals surface area contributed by atoms with Crippen molar-refractivity contribution in [2.75, 3.05) is 39.8 Å². The molecule has 0 saturated carbocycles. The highest BCUT2D eigenvalue weighted by molar-refractivity contribution is 7.80. The number of likely N-dealkylation sites (N-methyl/N-ethyl adjacent to an activating group) is 1. The van der Waals surface area contributed by atoms with E-state index in [1.165, 1.54) is 0 Å². The number of thiocarbonyl (C=S) groups is 1. The first kappa shape index (κ1) is 16.7. The van der Waals surface area contributed by atoms with Gasteiger partial charge in [0.25, 0.3) is 5.91 Å². The van der Waals surface area contributed by atoms with E-state index in [0.29, 0.717) is 18.2 Å². The summed E-state index contributed by atoms with van der Waals surface area (Å²) in [4.78, 5) is 16.3. The van der Waals surface area contributed by atoms with Crippen LogP contribution in [0.1, 0.15) is 5.56 Å². The number of piperazine rings is 1.